The van der Waals surface area contributed by atoms with E-state index in [9.17, 15) is 12.8 Å². The molecule has 0 saturated heterocycles. The van der Waals surface area contributed by atoms with Crippen LogP contribution in [0, 0.1) is 5.82 Å². The first kappa shape index (κ1) is 13.5. The molecule has 0 saturated carbocycles. The Morgan fingerprint density at radius 2 is 2.19 bits per heavy atom. The van der Waals surface area contributed by atoms with Gasteiger partial charge in [0, 0.05) is 16.7 Å². The van der Waals surface area contributed by atoms with Crippen molar-refractivity contribution in [3.63, 3.8) is 0 Å². The number of benzene rings is 1. The molecule has 0 heterocycles. The topological polar surface area (TPSA) is 43.4 Å². The van der Waals surface area contributed by atoms with Crippen LogP contribution in [0.4, 0.5) is 4.39 Å². The standard InChI is InChI=1S/C9H7BrClFO3S/c1-2-3-15-8-5-7(12)9(4-6(8)10)16(11,13)14/h2,4-5H,1,3H2. The van der Waals surface area contributed by atoms with Gasteiger partial charge in [0.05, 0.1) is 4.47 Å². The third-order valence-corrected chi connectivity index (χ3v) is 3.56. The van der Waals surface area contributed by atoms with Gasteiger partial charge in [0.25, 0.3) is 9.05 Å². The van der Waals surface area contributed by atoms with Crippen molar-refractivity contribution in [2.24, 2.45) is 0 Å². The van der Waals surface area contributed by atoms with Crippen LogP contribution in [0.1, 0.15) is 0 Å². The summed E-state index contributed by atoms with van der Waals surface area (Å²) >= 11 is 3.05. The summed E-state index contributed by atoms with van der Waals surface area (Å²) in [7, 11) is 0.945. The third kappa shape index (κ3) is 3.20. The summed E-state index contributed by atoms with van der Waals surface area (Å²) in [6.07, 6.45) is 1.48. The minimum atomic E-state index is -4.10. The molecule has 0 amide bonds. The lowest BCUT2D eigenvalue weighted by atomic mass is 10.3. The second-order valence-electron chi connectivity index (χ2n) is 2.75. The van der Waals surface area contributed by atoms with E-state index in [1.165, 1.54) is 6.08 Å². The maximum Gasteiger partial charge on any atom is 0.264 e. The highest BCUT2D eigenvalue weighted by molar-refractivity contribution is 9.10. The number of hydrogen-bond donors (Lipinski definition) is 0. The van der Waals surface area contributed by atoms with Crippen molar-refractivity contribution in [3.8, 4) is 5.75 Å². The Kier molecular flexibility index (Phi) is 4.35. The molecule has 0 aromatic heterocycles. The maximum absolute atomic E-state index is 13.4. The largest absolute Gasteiger partial charge is 0.488 e. The Labute approximate surface area is 105 Å². The average Bonchev–Trinajstić information content (AvgIpc) is 2.17. The molecule has 0 radical (unpaired) electrons. The smallest absolute Gasteiger partial charge is 0.264 e. The Bertz CT molecular complexity index is 516. The van der Waals surface area contributed by atoms with Crippen LogP contribution in [0.2, 0.25) is 0 Å². The lowest BCUT2D eigenvalue weighted by molar-refractivity contribution is 0.357. The van der Waals surface area contributed by atoms with Crippen LogP contribution in [0.3, 0.4) is 0 Å². The Balaban J connectivity index is 3.22. The second-order valence-corrected chi connectivity index (χ2v) is 6.14. The Morgan fingerprint density at radius 3 is 2.69 bits per heavy atom. The van der Waals surface area contributed by atoms with Crippen LogP contribution in [0.5, 0.6) is 5.75 Å². The zero-order chi connectivity index (χ0) is 12.3. The molecule has 16 heavy (non-hydrogen) atoms. The Hall–Kier alpha value is -0.590. The molecule has 0 aliphatic heterocycles. The summed E-state index contributed by atoms with van der Waals surface area (Å²) < 4.78 is 40.7. The van der Waals surface area contributed by atoms with E-state index in [4.69, 9.17) is 15.4 Å². The molecule has 0 spiro atoms. The number of hydrogen-bond acceptors (Lipinski definition) is 3. The van der Waals surface area contributed by atoms with Gasteiger partial charge in [-0.15, -0.1) is 0 Å². The minimum Gasteiger partial charge on any atom is -0.488 e. The van der Waals surface area contributed by atoms with Crippen molar-refractivity contribution in [1.29, 1.82) is 0 Å². The molecule has 0 fully saturated rings. The number of ether oxygens (including phenoxy) is 1. The third-order valence-electron chi connectivity index (χ3n) is 1.61. The molecule has 0 aliphatic carbocycles. The van der Waals surface area contributed by atoms with Gasteiger partial charge in [-0.1, -0.05) is 12.7 Å². The van der Waals surface area contributed by atoms with Gasteiger partial charge in [-0.2, -0.15) is 0 Å². The van der Waals surface area contributed by atoms with Gasteiger partial charge in [-0.05, 0) is 22.0 Å². The van der Waals surface area contributed by atoms with E-state index in [1.54, 1.807) is 0 Å². The number of rotatable bonds is 4. The highest BCUT2D eigenvalue weighted by Crippen LogP contribution is 2.31. The molecule has 0 unspecified atom stereocenters. The Morgan fingerprint density at radius 1 is 1.56 bits per heavy atom. The van der Waals surface area contributed by atoms with E-state index in [1.807, 2.05) is 0 Å². The lowest BCUT2D eigenvalue weighted by Crippen LogP contribution is -1.99. The summed E-state index contributed by atoms with van der Waals surface area (Å²) in [5.41, 5.74) is 0. The average molecular weight is 330 g/mol. The van der Waals surface area contributed by atoms with Crippen molar-refractivity contribution in [1.82, 2.24) is 0 Å². The molecule has 7 heteroatoms. The van der Waals surface area contributed by atoms with Crippen molar-refractivity contribution >= 4 is 35.7 Å². The predicted molar refractivity (Wildman–Crippen MR) is 62.8 cm³/mol. The van der Waals surface area contributed by atoms with E-state index in [0.29, 0.717) is 4.47 Å². The first-order valence-corrected chi connectivity index (χ1v) is 7.14. The normalized spacial score (nSPS) is 11.2. The summed E-state index contributed by atoms with van der Waals surface area (Å²) in [5.74, 6) is -0.779. The van der Waals surface area contributed by atoms with Crippen molar-refractivity contribution in [2.75, 3.05) is 6.61 Å². The van der Waals surface area contributed by atoms with Crippen LogP contribution < -0.4 is 4.74 Å². The minimum absolute atomic E-state index is 0.182. The van der Waals surface area contributed by atoms with Crippen molar-refractivity contribution in [3.05, 3.63) is 35.1 Å². The zero-order valence-corrected chi connectivity index (χ0v) is 11.1. The molecule has 1 aromatic rings. The molecule has 1 aromatic carbocycles. The van der Waals surface area contributed by atoms with Crippen LogP contribution in [-0.4, -0.2) is 15.0 Å². The number of halogens is 3. The molecule has 0 N–H and O–H groups in total. The van der Waals surface area contributed by atoms with Crippen LogP contribution in [-0.2, 0) is 9.05 Å². The fourth-order valence-corrected chi connectivity index (χ4v) is 2.47. The quantitative estimate of drug-likeness (QED) is 0.630. The highest BCUT2D eigenvalue weighted by atomic mass is 79.9. The van der Waals surface area contributed by atoms with Crippen molar-refractivity contribution < 1.29 is 17.5 Å². The maximum atomic E-state index is 13.4. The van der Waals surface area contributed by atoms with Crippen LogP contribution >= 0.6 is 26.6 Å². The zero-order valence-electron chi connectivity index (χ0n) is 7.91. The van der Waals surface area contributed by atoms with E-state index in [0.717, 1.165) is 12.1 Å². The second kappa shape index (κ2) is 5.16. The highest BCUT2D eigenvalue weighted by Gasteiger charge is 2.19. The first-order chi connectivity index (χ1) is 7.36. The summed E-state index contributed by atoms with van der Waals surface area (Å²) in [4.78, 5) is -0.591. The van der Waals surface area contributed by atoms with Gasteiger partial charge < -0.3 is 4.74 Å². The van der Waals surface area contributed by atoms with Gasteiger partial charge in [-0.25, -0.2) is 12.8 Å². The van der Waals surface area contributed by atoms with E-state index in [-0.39, 0.29) is 12.4 Å². The van der Waals surface area contributed by atoms with E-state index < -0.39 is 19.8 Å². The van der Waals surface area contributed by atoms with Crippen LogP contribution in [0.25, 0.3) is 0 Å². The molecular weight excluding hydrogens is 323 g/mol. The van der Waals surface area contributed by atoms with Gasteiger partial charge in [0.1, 0.15) is 23.1 Å². The van der Waals surface area contributed by atoms with E-state index >= 15 is 0 Å². The van der Waals surface area contributed by atoms with Gasteiger partial charge in [-0.3, -0.25) is 0 Å². The molecule has 88 valence electrons. The summed E-state index contributed by atoms with van der Waals surface area (Å²) in [6.45, 7) is 3.62. The molecule has 0 aliphatic rings. The van der Waals surface area contributed by atoms with Crippen LogP contribution in [0.15, 0.2) is 34.2 Å². The molecule has 0 bridgehead atoms. The monoisotopic (exact) mass is 328 g/mol. The van der Waals surface area contributed by atoms with Gasteiger partial charge in [0.15, 0.2) is 0 Å². The summed E-state index contributed by atoms with van der Waals surface area (Å²) in [6, 6.07) is 2.00. The predicted octanol–water partition coefficient (Wildman–Crippen LogP) is 3.08. The first-order valence-electron chi connectivity index (χ1n) is 4.03. The fraction of sp³-hybridized carbons (Fsp3) is 0.111. The molecule has 0 atom stereocenters. The summed E-state index contributed by atoms with van der Waals surface area (Å²) in [5, 5.41) is 0. The van der Waals surface area contributed by atoms with Gasteiger partial charge >= 0.3 is 0 Å². The van der Waals surface area contributed by atoms with Crippen molar-refractivity contribution in [2.45, 2.75) is 4.90 Å². The van der Waals surface area contributed by atoms with Gasteiger partial charge in [0.2, 0.25) is 0 Å². The van der Waals surface area contributed by atoms with E-state index in [2.05, 4.69) is 22.5 Å². The lowest BCUT2D eigenvalue weighted by Gasteiger charge is -2.07. The fourth-order valence-electron chi connectivity index (χ4n) is 0.957. The molecule has 3 nitrogen and oxygen atoms in total. The molecular formula is C9H7BrClFO3S. The molecule has 1 rings (SSSR count). The SMILES string of the molecule is C=CCOc1cc(F)c(S(=O)(=O)Cl)cc1Br.